The minimum atomic E-state index is -4.71. The van der Waals surface area contributed by atoms with Crippen LogP contribution in [0.2, 0.25) is 0 Å². The van der Waals surface area contributed by atoms with Gasteiger partial charge in [-0.05, 0) is 38.1 Å². The Bertz CT molecular complexity index is 935. The molecule has 0 radical (unpaired) electrons. The molecule has 1 saturated carbocycles. The zero-order chi connectivity index (χ0) is 22.3. The molecule has 4 rings (SSSR count). The second kappa shape index (κ2) is 7.95. The first-order chi connectivity index (χ1) is 14.6. The number of aryl methyl sites for hydroxylation is 1. The van der Waals surface area contributed by atoms with E-state index in [9.17, 15) is 18.3 Å². The molecule has 1 aromatic heterocycles. The van der Waals surface area contributed by atoms with Gasteiger partial charge in [-0.15, -0.1) is 13.2 Å². The minimum absolute atomic E-state index is 0.0508. The van der Waals surface area contributed by atoms with E-state index in [2.05, 4.69) is 25.3 Å². The number of halogens is 3. The highest BCUT2D eigenvalue weighted by Gasteiger charge is 2.34. The first kappa shape index (κ1) is 21.3. The van der Waals surface area contributed by atoms with Crippen LogP contribution >= 0.6 is 0 Å². The zero-order valence-electron chi connectivity index (χ0n) is 17.3. The molecule has 2 aliphatic rings. The lowest BCUT2D eigenvalue weighted by Gasteiger charge is -2.39. The second-order valence-electron chi connectivity index (χ2n) is 7.84. The van der Waals surface area contributed by atoms with Crippen molar-refractivity contribution in [2.75, 3.05) is 22.6 Å². The maximum Gasteiger partial charge on any atom is 0.573 e. The van der Waals surface area contributed by atoms with Crippen LogP contribution in [0.25, 0.3) is 0 Å². The molecule has 0 amide bonds. The van der Waals surface area contributed by atoms with Gasteiger partial charge in [0.1, 0.15) is 29.5 Å². The van der Waals surface area contributed by atoms with E-state index in [1.54, 1.807) is 0 Å². The Morgan fingerprint density at radius 1 is 1.16 bits per heavy atom. The van der Waals surface area contributed by atoms with Gasteiger partial charge in [-0.1, -0.05) is 0 Å². The number of nitrogens with zero attached hydrogens (tertiary/aromatic N) is 3. The maximum absolute atomic E-state index is 12.2. The lowest BCUT2D eigenvalue weighted by atomic mass is 9.89. The van der Waals surface area contributed by atoms with E-state index >= 15 is 0 Å². The van der Waals surface area contributed by atoms with Crippen molar-refractivity contribution >= 4 is 17.5 Å². The number of benzene rings is 1. The summed E-state index contributed by atoms with van der Waals surface area (Å²) >= 11 is 0. The normalized spacial score (nSPS) is 25.2. The van der Waals surface area contributed by atoms with Crippen LogP contribution in [-0.4, -0.2) is 52.9 Å². The van der Waals surface area contributed by atoms with E-state index < -0.39 is 12.6 Å². The summed E-state index contributed by atoms with van der Waals surface area (Å²) in [5.74, 6) is 1.43. The molecular formula is C20H24F3N5O3. The molecule has 11 heteroatoms. The number of nitrogens with one attached hydrogen (secondary N) is 2. The number of rotatable bonds is 5. The monoisotopic (exact) mass is 439 g/mol. The van der Waals surface area contributed by atoms with Crippen LogP contribution in [-0.2, 0) is 0 Å². The van der Waals surface area contributed by atoms with Gasteiger partial charge in [0.15, 0.2) is 5.82 Å². The van der Waals surface area contributed by atoms with Crippen LogP contribution in [0.15, 0.2) is 24.3 Å². The number of likely N-dealkylation sites (N-methyl/N-ethyl adjacent to an activating group) is 1. The lowest BCUT2D eigenvalue weighted by Crippen LogP contribution is -2.48. The average Bonchev–Trinajstić information content (AvgIpc) is 2.66. The molecule has 0 saturated heterocycles. The van der Waals surface area contributed by atoms with Crippen LogP contribution in [0.1, 0.15) is 25.5 Å². The predicted molar refractivity (Wildman–Crippen MR) is 108 cm³/mol. The van der Waals surface area contributed by atoms with E-state index in [0.29, 0.717) is 30.2 Å². The average molecular weight is 439 g/mol. The molecule has 0 spiro atoms. The molecule has 1 aliphatic heterocycles. The standard InChI is InChI=1S/C20H24F3N5O3/c1-10-16-17(28(3)11(2)18(29)26-16)27-19(24-10)25-12-8-15(9-12)30-13-4-6-14(7-5-13)31-20(21,22)23/h4-7,11-12,15,18,26,29H,8-9H2,1-3H3,(H,24,25,27)/t11-,12?,15?,18?/m0/s1. The molecule has 1 fully saturated rings. The molecule has 0 bridgehead atoms. The number of ether oxygens (including phenoxy) is 2. The van der Waals surface area contributed by atoms with Crippen LogP contribution in [0.4, 0.5) is 30.6 Å². The van der Waals surface area contributed by atoms with E-state index in [1.807, 2.05) is 25.8 Å². The molecule has 2 heterocycles. The third-order valence-electron chi connectivity index (χ3n) is 5.55. The smallest absolute Gasteiger partial charge is 0.490 e. The van der Waals surface area contributed by atoms with Crippen molar-refractivity contribution in [2.45, 2.75) is 57.5 Å². The van der Waals surface area contributed by atoms with Crippen molar-refractivity contribution in [2.24, 2.45) is 0 Å². The Morgan fingerprint density at radius 3 is 2.45 bits per heavy atom. The van der Waals surface area contributed by atoms with E-state index in [1.165, 1.54) is 24.3 Å². The fourth-order valence-corrected chi connectivity index (χ4v) is 3.59. The fourth-order valence-electron chi connectivity index (χ4n) is 3.59. The van der Waals surface area contributed by atoms with Gasteiger partial charge in [0.05, 0.1) is 11.7 Å². The second-order valence-corrected chi connectivity index (χ2v) is 7.84. The van der Waals surface area contributed by atoms with Gasteiger partial charge in [0.2, 0.25) is 5.95 Å². The van der Waals surface area contributed by atoms with Crippen molar-refractivity contribution in [3.05, 3.63) is 30.0 Å². The summed E-state index contributed by atoms with van der Waals surface area (Å²) in [6, 6.07) is 5.35. The molecule has 8 nitrogen and oxygen atoms in total. The summed E-state index contributed by atoms with van der Waals surface area (Å²) in [7, 11) is 1.88. The Kier molecular flexibility index (Phi) is 5.46. The molecule has 1 unspecified atom stereocenters. The van der Waals surface area contributed by atoms with Crippen molar-refractivity contribution in [3.8, 4) is 11.5 Å². The van der Waals surface area contributed by atoms with E-state index in [0.717, 1.165) is 11.5 Å². The quantitative estimate of drug-likeness (QED) is 0.654. The highest BCUT2D eigenvalue weighted by atomic mass is 19.4. The first-order valence-corrected chi connectivity index (χ1v) is 9.94. The lowest BCUT2D eigenvalue weighted by molar-refractivity contribution is -0.274. The molecule has 2 atom stereocenters. The van der Waals surface area contributed by atoms with Gasteiger partial charge in [0.25, 0.3) is 0 Å². The number of hydrogen-bond acceptors (Lipinski definition) is 8. The van der Waals surface area contributed by atoms with Gasteiger partial charge < -0.3 is 30.1 Å². The molecule has 168 valence electrons. The third kappa shape index (κ3) is 4.71. The van der Waals surface area contributed by atoms with Gasteiger partial charge in [-0.3, -0.25) is 0 Å². The maximum atomic E-state index is 12.2. The summed E-state index contributed by atoms with van der Waals surface area (Å²) in [6.45, 7) is 3.76. The van der Waals surface area contributed by atoms with Gasteiger partial charge in [-0.25, -0.2) is 4.98 Å². The Morgan fingerprint density at radius 2 is 1.81 bits per heavy atom. The topological polar surface area (TPSA) is 91.8 Å². The molecule has 1 aromatic carbocycles. The largest absolute Gasteiger partial charge is 0.573 e. The van der Waals surface area contributed by atoms with Crippen LogP contribution in [0.5, 0.6) is 11.5 Å². The van der Waals surface area contributed by atoms with Crippen molar-refractivity contribution in [1.82, 2.24) is 9.97 Å². The minimum Gasteiger partial charge on any atom is -0.490 e. The summed E-state index contributed by atoms with van der Waals surface area (Å²) in [5.41, 5.74) is 1.45. The number of aromatic nitrogens is 2. The predicted octanol–water partition coefficient (Wildman–Crippen LogP) is 3.27. The highest BCUT2D eigenvalue weighted by molar-refractivity contribution is 5.72. The number of anilines is 3. The molecular weight excluding hydrogens is 415 g/mol. The number of aliphatic hydroxyl groups excluding tert-OH is 1. The van der Waals surface area contributed by atoms with E-state index in [4.69, 9.17) is 4.74 Å². The van der Waals surface area contributed by atoms with Gasteiger partial charge in [-0.2, -0.15) is 4.98 Å². The Labute approximate surface area is 177 Å². The number of aliphatic hydroxyl groups is 1. The third-order valence-corrected chi connectivity index (χ3v) is 5.55. The Balaban J connectivity index is 1.32. The first-order valence-electron chi connectivity index (χ1n) is 9.94. The van der Waals surface area contributed by atoms with Crippen LogP contribution in [0.3, 0.4) is 0 Å². The van der Waals surface area contributed by atoms with E-state index in [-0.39, 0.29) is 23.9 Å². The van der Waals surface area contributed by atoms with Crippen LogP contribution < -0.4 is 25.0 Å². The number of hydrogen-bond donors (Lipinski definition) is 3. The van der Waals surface area contributed by atoms with Gasteiger partial charge in [0, 0.05) is 25.9 Å². The highest BCUT2D eigenvalue weighted by Crippen LogP contribution is 2.35. The molecule has 1 aliphatic carbocycles. The fraction of sp³-hybridized carbons (Fsp3) is 0.500. The van der Waals surface area contributed by atoms with Crippen molar-refractivity contribution in [3.63, 3.8) is 0 Å². The summed E-state index contributed by atoms with van der Waals surface area (Å²) < 4.78 is 46.3. The Hall–Kier alpha value is -2.95. The SMILES string of the molecule is Cc1nc(NC2CC(Oc3ccc(OC(F)(F)F)cc3)C2)nc2c1NC(O)[C@H](C)N2C. The van der Waals surface area contributed by atoms with Crippen molar-refractivity contribution < 1.29 is 27.8 Å². The molecule has 2 aromatic rings. The summed E-state index contributed by atoms with van der Waals surface area (Å²) in [6.07, 6.45) is -4.04. The number of fused-ring (bicyclic) bond motifs is 1. The molecule has 3 N–H and O–H groups in total. The summed E-state index contributed by atoms with van der Waals surface area (Å²) in [5, 5.41) is 16.4. The molecule has 31 heavy (non-hydrogen) atoms. The number of alkyl halides is 3. The zero-order valence-corrected chi connectivity index (χ0v) is 17.3. The summed E-state index contributed by atoms with van der Waals surface area (Å²) in [4.78, 5) is 11.0. The van der Waals surface area contributed by atoms with Crippen molar-refractivity contribution in [1.29, 1.82) is 0 Å². The van der Waals surface area contributed by atoms with Crippen LogP contribution in [0, 0.1) is 6.92 Å². The van der Waals surface area contributed by atoms with Gasteiger partial charge >= 0.3 is 6.36 Å².